The summed E-state index contributed by atoms with van der Waals surface area (Å²) < 4.78 is 5.06. The molecule has 0 aliphatic carbocycles. The fourth-order valence-corrected chi connectivity index (χ4v) is 1.39. The lowest BCUT2D eigenvalue weighted by molar-refractivity contribution is 0.0492. The van der Waals surface area contributed by atoms with Crippen molar-refractivity contribution >= 4 is 6.09 Å². The van der Waals surface area contributed by atoms with Crippen molar-refractivity contribution in [1.29, 1.82) is 5.26 Å². The summed E-state index contributed by atoms with van der Waals surface area (Å²) in [6.07, 6.45) is -1.40. The van der Waals surface area contributed by atoms with Crippen molar-refractivity contribution in [3.05, 3.63) is 35.4 Å². The minimum atomic E-state index is -0.833. The van der Waals surface area contributed by atoms with Crippen LogP contribution in [0, 0.1) is 11.3 Å². The van der Waals surface area contributed by atoms with Gasteiger partial charge in [0, 0.05) is 0 Å². The zero-order valence-corrected chi connectivity index (χ0v) is 11.3. The molecule has 0 bridgehead atoms. The van der Waals surface area contributed by atoms with E-state index >= 15 is 0 Å². The van der Waals surface area contributed by atoms with Crippen LogP contribution in [0.2, 0.25) is 0 Å². The molecule has 1 rings (SSSR count). The van der Waals surface area contributed by atoms with Gasteiger partial charge in [-0.3, -0.25) is 0 Å². The largest absolute Gasteiger partial charge is 0.444 e. The van der Waals surface area contributed by atoms with Crippen LogP contribution in [0.5, 0.6) is 0 Å². The molecule has 1 aromatic rings. The molecule has 2 N–H and O–H groups in total. The van der Waals surface area contributed by atoms with Gasteiger partial charge in [-0.2, -0.15) is 5.26 Å². The van der Waals surface area contributed by atoms with Gasteiger partial charge in [0.05, 0.1) is 24.3 Å². The third-order valence-electron chi connectivity index (χ3n) is 2.26. The number of amides is 1. The number of benzene rings is 1. The Balaban J connectivity index is 2.49. The second-order valence-corrected chi connectivity index (χ2v) is 5.13. The SMILES string of the molecule is CC(C)(C)OC(=O)NC[C@@H](O)c1ccc(C#N)cc1. The Hall–Kier alpha value is -2.06. The molecule has 0 aliphatic heterocycles. The van der Waals surface area contributed by atoms with Crippen LogP contribution >= 0.6 is 0 Å². The quantitative estimate of drug-likeness (QED) is 0.874. The van der Waals surface area contributed by atoms with E-state index in [9.17, 15) is 9.90 Å². The van der Waals surface area contributed by atoms with E-state index in [1.165, 1.54) is 0 Å². The van der Waals surface area contributed by atoms with Crippen LogP contribution in [0.15, 0.2) is 24.3 Å². The van der Waals surface area contributed by atoms with E-state index < -0.39 is 17.8 Å². The van der Waals surface area contributed by atoms with Crippen LogP contribution in [0.1, 0.15) is 38.0 Å². The second kappa shape index (κ2) is 6.21. The number of ether oxygens (including phenoxy) is 1. The molecule has 1 atom stereocenters. The molecule has 102 valence electrons. The number of rotatable bonds is 3. The van der Waals surface area contributed by atoms with Crippen molar-refractivity contribution in [3.63, 3.8) is 0 Å². The molecule has 19 heavy (non-hydrogen) atoms. The number of aliphatic hydroxyl groups is 1. The van der Waals surface area contributed by atoms with Crippen LogP contribution in [0.3, 0.4) is 0 Å². The van der Waals surface area contributed by atoms with Crippen LogP contribution in [-0.4, -0.2) is 23.3 Å². The van der Waals surface area contributed by atoms with Gasteiger partial charge in [0.25, 0.3) is 0 Å². The molecule has 0 unspecified atom stereocenters. The van der Waals surface area contributed by atoms with E-state index in [0.29, 0.717) is 11.1 Å². The molecule has 0 saturated heterocycles. The molecule has 0 aromatic heterocycles. The highest BCUT2D eigenvalue weighted by atomic mass is 16.6. The minimum absolute atomic E-state index is 0.0564. The number of carbonyl (C=O) groups is 1. The maximum absolute atomic E-state index is 11.4. The zero-order chi connectivity index (χ0) is 14.5. The number of nitrogens with zero attached hydrogens (tertiary/aromatic N) is 1. The summed E-state index contributed by atoms with van der Waals surface area (Å²) in [6, 6.07) is 8.54. The third kappa shape index (κ3) is 5.40. The van der Waals surface area contributed by atoms with Gasteiger partial charge in [0.1, 0.15) is 5.60 Å². The molecular weight excluding hydrogens is 244 g/mol. The van der Waals surface area contributed by atoms with Crippen LogP contribution in [-0.2, 0) is 4.74 Å². The maximum Gasteiger partial charge on any atom is 0.407 e. The number of hydrogen-bond donors (Lipinski definition) is 2. The highest BCUT2D eigenvalue weighted by Gasteiger charge is 2.17. The number of nitrogens with one attached hydrogen (secondary N) is 1. The summed E-state index contributed by atoms with van der Waals surface area (Å²) in [7, 11) is 0. The zero-order valence-electron chi connectivity index (χ0n) is 11.3. The van der Waals surface area contributed by atoms with Gasteiger partial charge >= 0.3 is 6.09 Å². The lowest BCUT2D eigenvalue weighted by Crippen LogP contribution is -2.34. The van der Waals surface area contributed by atoms with E-state index in [4.69, 9.17) is 10.00 Å². The molecule has 1 aromatic carbocycles. The topological polar surface area (TPSA) is 82.3 Å². The molecular formula is C14H18N2O3. The lowest BCUT2D eigenvalue weighted by Gasteiger charge is -2.20. The van der Waals surface area contributed by atoms with Crippen molar-refractivity contribution in [2.45, 2.75) is 32.5 Å². The standard InChI is InChI=1S/C14H18N2O3/c1-14(2,3)19-13(18)16-9-12(17)11-6-4-10(8-15)5-7-11/h4-7,12,17H,9H2,1-3H3,(H,16,18)/t12-/m1/s1. The fourth-order valence-electron chi connectivity index (χ4n) is 1.39. The van der Waals surface area contributed by atoms with Gasteiger partial charge in [0.2, 0.25) is 0 Å². The predicted octanol–water partition coefficient (Wildman–Crippen LogP) is 2.12. The van der Waals surface area contributed by atoms with Gasteiger partial charge in [-0.15, -0.1) is 0 Å². The molecule has 5 heteroatoms. The van der Waals surface area contributed by atoms with E-state index in [2.05, 4.69) is 5.32 Å². The number of carbonyl (C=O) groups excluding carboxylic acids is 1. The smallest absolute Gasteiger partial charge is 0.407 e. The van der Waals surface area contributed by atoms with Crippen molar-refractivity contribution in [2.24, 2.45) is 0 Å². The molecule has 0 spiro atoms. The van der Waals surface area contributed by atoms with Crippen LogP contribution in [0.4, 0.5) is 4.79 Å². The first kappa shape index (κ1) is 15.0. The average molecular weight is 262 g/mol. The second-order valence-electron chi connectivity index (χ2n) is 5.13. The first-order valence-corrected chi connectivity index (χ1v) is 5.97. The van der Waals surface area contributed by atoms with Gasteiger partial charge in [0.15, 0.2) is 0 Å². The predicted molar refractivity (Wildman–Crippen MR) is 70.4 cm³/mol. The highest BCUT2D eigenvalue weighted by Crippen LogP contribution is 2.13. The summed E-state index contributed by atoms with van der Waals surface area (Å²) in [6.45, 7) is 5.36. The first-order chi connectivity index (χ1) is 8.81. The number of alkyl carbamates (subject to hydrolysis) is 1. The molecule has 5 nitrogen and oxygen atoms in total. The van der Waals surface area contributed by atoms with Crippen molar-refractivity contribution in [2.75, 3.05) is 6.54 Å². The summed E-state index contributed by atoms with van der Waals surface area (Å²) in [5.74, 6) is 0. The summed E-state index contributed by atoms with van der Waals surface area (Å²) in [4.78, 5) is 11.4. The van der Waals surface area contributed by atoms with Gasteiger partial charge in [-0.1, -0.05) is 12.1 Å². The summed E-state index contributed by atoms with van der Waals surface area (Å²) in [5, 5.41) is 21.0. The Kier molecular flexibility index (Phi) is 4.90. The maximum atomic E-state index is 11.4. The Labute approximate surface area is 112 Å². The Morgan fingerprint density at radius 2 is 2.00 bits per heavy atom. The van der Waals surface area contributed by atoms with E-state index in [0.717, 1.165) is 0 Å². The van der Waals surface area contributed by atoms with Crippen molar-refractivity contribution in [3.8, 4) is 6.07 Å². The fraction of sp³-hybridized carbons (Fsp3) is 0.429. The molecule has 0 saturated carbocycles. The van der Waals surface area contributed by atoms with Gasteiger partial charge in [-0.05, 0) is 38.5 Å². The number of hydrogen-bond acceptors (Lipinski definition) is 4. The minimum Gasteiger partial charge on any atom is -0.444 e. The van der Waals surface area contributed by atoms with Gasteiger partial charge in [-0.25, -0.2) is 4.79 Å². The van der Waals surface area contributed by atoms with E-state index in [1.54, 1.807) is 45.0 Å². The monoisotopic (exact) mass is 262 g/mol. The van der Waals surface area contributed by atoms with E-state index in [1.807, 2.05) is 6.07 Å². The first-order valence-electron chi connectivity index (χ1n) is 5.97. The molecule has 0 fully saturated rings. The Morgan fingerprint density at radius 3 is 2.47 bits per heavy atom. The Morgan fingerprint density at radius 1 is 1.42 bits per heavy atom. The molecule has 1 amide bonds. The normalized spacial score (nSPS) is 12.4. The number of aliphatic hydroxyl groups excluding tert-OH is 1. The molecule has 0 radical (unpaired) electrons. The van der Waals surface area contributed by atoms with Crippen LogP contribution in [0.25, 0.3) is 0 Å². The van der Waals surface area contributed by atoms with Gasteiger partial charge < -0.3 is 15.2 Å². The highest BCUT2D eigenvalue weighted by molar-refractivity contribution is 5.67. The Bertz CT molecular complexity index is 469. The van der Waals surface area contributed by atoms with Crippen molar-refractivity contribution < 1.29 is 14.6 Å². The summed E-state index contributed by atoms with van der Waals surface area (Å²) >= 11 is 0. The lowest BCUT2D eigenvalue weighted by atomic mass is 10.1. The van der Waals surface area contributed by atoms with E-state index in [-0.39, 0.29) is 6.54 Å². The summed E-state index contributed by atoms with van der Waals surface area (Å²) in [5.41, 5.74) is 0.592. The average Bonchev–Trinajstić information content (AvgIpc) is 2.34. The third-order valence-corrected chi connectivity index (χ3v) is 2.26. The number of nitriles is 1. The van der Waals surface area contributed by atoms with Crippen molar-refractivity contribution in [1.82, 2.24) is 5.32 Å². The van der Waals surface area contributed by atoms with Crippen LogP contribution < -0.4 is 5.32 Å². The molecule has 0 aliphatic rings. The molecule has 0 heterocycles.